The molecule has 0 radical (unpaired) electrons. The molecule has 2 unspecified atom stereocenters. The first-order valence-corrected chi connectivity index (χ1v) is 14.7. The van der Waals surface area contributed by atoms with Crippen LogP contribution in [0.5, 0.6) is 0 Å². The smallest absolute Gasteiger partial charge is 0.139 e. The quantitative estimate of drug-likeness (QED) is 0.448. The molecule has 0 saturated heterocycles. The molecule has 4 fully saturated rings. The van der Waals surface area contributed by atoms with Crippen LogP contribution in [0.15, 0.2) is 0 Å². The Morgan fingerprint density at radius 3 is 2.31 bits per heavy atom. The molecule has 7 atom stereocenters. The lowest BCUT2D eigenvalue weighted by Gasteiger charge is -2.56. The maximum Gasteiger partial charge on any atom is 0.139 e. The van der Waals surface area contributed by atoms with Crippen molar-refractivity contribution >= 4 is 13.9 Å². The standard InChI is InChI=1S/C24H42OSi/c1-23(2,3)26(5,6)17-8-10-18-16(15-17)7-9-20-19(18)13-14-24(4)21(20)11-12-22(24)25/h16-21H,7-15H2,1-6H3/t16?,17?,18-,19+,20+,21-,24-/m0/s1. The van der Waals surface area contributed by atoms with E-state index in [4.69, 9.17) is 0 Å². The van der Waals surface area contributed by atoms with Crippen LogP contribution in [0.2, 0.25) is 23.7 Å². The van der Waals surface area contributed by atoms with Gasteiger partial charge in [0.25, 0.3) is 0 Å². The monoisotopic (exact) mass is 374 g/mol. The molecule has 0 spiro atoms. The average Bonchev–Trinajstić information content (AvgIpc) is 2.88. The summed E-state index contributed by atoms with van der Waals surface area (Å²) >= 11 is 0. The lowest BCUT2D eigenvalue weighted by Crippen LogP contribution is -2.51. The normalized spacial score (nSPS) is 46.5. The van der Waals surface area contributed by atoms with E-state index in [-0.39, 0.29) is 5.41 Å². The summed E-state index contributed by atoms with van der Waals surface area (Å²) in [6.07, 6.45) is 12.1. The van der Waals surface area contributed by atoms with E-state index in [1.807, 2.05) is 0 Å². The van der Waals surface area contributed by atoms with E-state index >= 15 is 0 Å². The Labute approximate surface area is 163 Å². The molecule has 0 N–H and O–H groups in total. The van der Waals surface area contributed by atoms with E-state index in [2.05, 4.69) is 40.8 Å². The number of carbonyl (C=O) groups is 1. The molecule has 4 aliphatic rings. The fraction of sp³-hybridized carbons (Fsp3) is 0.958. The Morgan fingerprint density at radius 1 is 0.923 bits per heavy atom. The zero-order chi connectivity index (χ0) is 18.9. The molecule has 0 aromatic carbocycles. The number of hydrogen-bond acceptors (Lipinski definition) is 1. The molecular formula is C24H42OSi. The minimum Gasteiger partial charge on any atom is -0.299 e. The minimum absolute atomic E-state index is 0.0619. The highest BCUT2D eigenvalue weighted by Gasteiger charge is 2.57. The van der Waals surface area contributed by atoms with E-state index < -0.39 is 8.07 Å². The van der Waals surface area contributed by atoms with Gasteiger partial charge in [0.15, 0.2) is 0 Å². The van der Waals surface area contributed by atoms with Gasteiger partial charge in [0.05, 0.1) is 8.07 Å². The molecule has 0 amide bonds. The SMILES string of the molecule is CC(C)(C)[Si](C)(C)C1CC[C@H]2C(CC[C@@H]3[C@@H]2CC[C@]2(C)C(=O)CC[C@@H]32)C1. The minimum atomic E-state index is -1.21. The summed E-state index contributed by atoms with van der Waals surface area (Å²) in [4.78, 5) is 12.5. The number of Topliss-reactive ketones (excluding diaryl/α,β-unsaturated/α-hetero) is 1. The van der Waals surface area contributed by atoms with Crippen molar-refractivity contribution in [2.75, 3.05) is 0 Å². The van der Waals surface area contributed by atoms with Gasteiger partial charge in [0.2, 0.25) is 0 Å². The predicted octanol–water partition coefficient (Wildman–Crippen LogP) is 7.09. The Bertz CT molecular complexity index is 573. The first kappa shape index (κ1) is 19.2. The third kappa shape index (κ3) is 2.71. The number of ketones is 1. The van der Waals surface area contributed by atoms with Gasteiger partial charge in [-0.25, -0.2) is 0 Å². The zero-order valence-corrected chi connectivity index (χ0v) is 19.2. The van der Waals surface area contributed by atoms with Crippen LogP contribution < -0.4 is 0 Å². The largest absolute Gasteiger partial charge is 0.299 e. The molecule has 4 rings (SSSR count). The topological polar surface area (TPSA) is 17.1 Å². The van der Waals surface area contributed by atoms with Crippen LogP contribution in [0.25, 0.3) is 0 Å². The third-order valence-corrected chi connectivity index (χ3v) is 17.0. The van der Waals surface area contributed by atoms with Crippen molar-refractivity contribution in [3.8, 4) is 0 Å². The summed E-state index contributed by atoms with van der Waals surface area (Å²) in [6.45, 7) is 15.2. The summed E-state index contributed by atoms with van der Waals surface area (Å²) in [5.74, 6) is 5.17. The van der Waals surface area contributed by atoms with Gasteiger partial charge in [-0.05, 0) is 85.1 Å². The molecule has 0 heterocycles. The van der Waals surface area contributed by atoms with E-state index in [9.17, 15) is 4.79 Å². The van der Waals surface area contributed by atoms with Crippen molar-refractivity contribution in [3.63, 3.8) is 0 Å². The lowest BCUT2D eigenvalue weighted by atomic mass is 9.50. The van der Waals surface area contributed by atoms with E-state index in [1.165, 1.54) is 51.4 Å². The second-order valence-electron chi connectivity index (χ2n) is 12.3. The van der Waals surface area contributed by atoms with E-state index in [0.717, 1.165) is 41.6 Å². The van der Waals surface area contributed by atoms with Crippen LogP contribution in [-0.2, 0) is 4.79 Å². The van der Waals surface area contributed by atoms with Gasteiger partial charge in [-0.3, -0.25) is 4.79 Å². The maximum absolute atomic E-state index is 12.5. The predicted molar refractivity (Wildman–Crippen MR) is 113 cm³/mol. The highest BCUT2D eigenvalue weighted by atomic mass is 28.3. The van der Waals surface area contributed by atoms with Gasteiger partial charge in [-0.15, -0.1) is 0 Å². The number of fused-ring (bicyclic) bond motifs is 5. The molecular weight excluding hydrogens is 332 g/mol. The van der Waals surface area contributed by atoms with Crippen LogP contribution in [0.1, 0.15) is 85.5 Å². The zero-order valence-electron chi connectivity index (χ0n) is 18.2. The van der Waals surface area contributed by atoms with Crippen molar-refractivity contribution in [3.05, 3.63) is 0 Å². The fourth-order valence-electron chi connectivity index (χ4n) is 7.89. The molecule has 2 heteroatoms. The summed E-state index contributed by atoms with van der Waals surface area (Å²) < 4.78 is 0. The van der Waals surface area contributed by atoms with Crippen LogP contribution in [-0.4, -0.2) is 13.9 Å². The van der Waals surface area contributed by atoms with Gasteiger partial charge in [-0.1, -0.05) is 47.2 Å². The number of hydrogen-bond donors (Lipinski definition) is 0. The maximum atomic E-state index is 12.5. The number of carbonyl (C=O) groups excluding carboxylic acids is 1. The van der Waals surface area contributed by atoms with Crippen molar-refractivity contribution in [1.29, 1.82) is 0 Å². The fourth-order valence-corrected chi connectivity index (χ4v) is 10.9. The van der Waals surface area contributed by atoms with Gasteiger partial charge in [0.1, 0.15) is 5.78 Å². The van der Waals surface area contributed by atoms with Gasteiger partial charge in [-0.2, -0.15) is 0 Å². The molecule has 148 valence electrons. The van der Waals surface area contributed by atoms with Crippen LogP contribution >= 0.6 is 0 Å². The Kier molecular flexibility index (Phi) is 4.58. The van der Waals surface area contributed by atoms with Gasteiger partial charge < -0.3 is 0 Å². The van der Waals surface area contributed by atoms with Crippen molar-refractivity contribution < 1.29 is 4.79 Å². The molecule has 0 bridgehead atoms. The molecule has 0 aliphatic heterocycles. The van der Waals surface area contributed by atoms with Gasteiger partial charge >= 0.3 is 0 Å². The highest BCUT2D eigenvalue weighted by Crippen LogP contribution is 2.63. The molecule has 26 heavy (non-hydrogen) atoms. The van der Waals surface area contributed by atoms with Crippen LogP contribution in [0.3, 0.4) is 0 Å². The lowest BCUT2D eigenvalue weighted by molar-refractivity contribution is -0.132. The Morgan fingerprint density at radius 2 is 1.62 bits per heavy atom. The van der Waals surface area contributed by atoms with E-state index in [0.29, 0.717) is 10.8 Å². The Balaban J connectivity index is 1.49. The van der Waals surface area contributed by atoms with Crippen LogP contribution in [0, 0.1) is 35.0 Å². The summed E-state index contributed by atoms with van der Waals surface area (Å²) in [5, 5.41) is 0.526. The first-order chi connectivity index (χ1) is 12.1. The molecule has 4 aliphatic carbocycles. The van der Waals surface area contributed by atoms with E-state index in [1.54, 1.807) is 0 Å². The van der Waals surface area contributed by atoms with Crippen molar-refractivity contribution in [2.24, 2.45) is 35.0 Å². The average molecular weight is 375 g/mol. The molecule has 0 aromatic heterocycles. The highest BCUT2D eigenvalue weighted by molar-refractivity contribution is 6.81. The van der Waals surface area contributed by atoms with Crippen LogP contribution in [0.4, 0.5) is 0 Å². The summed E-state index contributed by atoms with van der Waals surface area (Å²) in [6, 6.07) is 0. The van der Waals surface area contributed by atoms with Crippen molar-refractivity contribution in [1.82, 2.24) is 0 Å². The first-order valence-electron chi connectivity index (χ1n) is 11.6. The Hall–Kier alpha value is -0.113. The second-order valence-corrected chi connectivity index (χ2v) is 18.1. The summed E-state index contributed by atoms with van der Waals surface area (Å²) in [5.41, 5.74) is 1.09. The van der Waals surface area contributed by atoms with Gasteiger partial charge in [0, 0.05) is 11.8 Å². The molecule has 0 aromatic rings. The molecule has 4 saturated carbocycles. The number of rotatable bonds is 1. The van der Waals surface area contributed by atoms with Crippen molar-refractivity contribution in [2.45, 2.75) is 109 Å². The molecule has 1 nitrogen and oxygen atoms in total. The third-order valence-electron chi connectivity index (χ3n) is 10.6. The second kappa shape index (κ2) is 6.19. The summed E-state index contributed by atoms with van der Waals surface area (Å²) in [7, 11) is -1.21.